The number of hydrogen-bond donors (Lipinski definition) is 2. The number of azo groups is 1. The van der Waals surface area contributed by atoms with E-state index in [1.165, 1.54) is 6.08 Å². The summed E-state index contributed by atoms with van der Waals surface area (Å²) < 4.78 is 11.5. The average molecular weight is 550 g/mol. The molecular weight excluding hydrogens is 518 g/mol. The molecule has 0 saturated carbocycles. The van der Waals surface area contributed by atoms with Gasteiger partial charge in [0.15, 0.2) is 5.78 Å². The van der Waals surface area contributed by atoms with Crippen LogP contribution in [0.3, 0.4) is 0 Å². The third-order valence-corrected chi connectivity index (χ3v) is 5.96. The number of carboxylic acid groups (broad SMARTS) is 1. The van der Waals surface area contributed by atoms with Crippen LogP contribution in [0.4, 0.5) is 11.4 Å². The van der Waals surface area contributed by atoms with Gasteiger partial charge < -0.3 is 19.9 Å². The topological polar surface area (TPSA) is 110 Å². The molecule has 1 atom stereocenters. The van der Waals surface area contributed by atoms with Crippen molar-refractivity contribution in [2.45, 2.75) is 19.4 Å². The van der Waals surface area contributed by atoms with Crippen LogP contribution in [0.1, 0.15) is 22.8 Å². The third kappa shape index (κ3) is 9.47. The smallest absolute Gasteiger partial charge is 0.326 e. The predicted octanol–water partition coefficient (Wildman–Crippen LogP) is 6.93. The molecule has 0 radical (unpaired) electrons. The minimum atomic E-state index is -1.00. The fourth-order valence-corrected chi connectivity index (χ4v) is 3.89. The standard InChI is InChI=1S/C33H31N3O5/c1-24(22-32(37)26-8-4-2-5-9-26)34-31(33(38)39)23-25-12-16-29(17-13-25)40-20-21-41-30-18-14-28(15-19-30)36-35-27-10-6-3-7-11-27/h2-19,22,31,34H,20-21,23H2,1H3,(H,38,39)/b24-22+,36-35?. The van der Waals surface area contributed by atoms with E-state index in [1.54, 1.807) is 43.3 Å². The molecule has 0 aliphatic rings. The highest BCUT2D eigenvalue weighted by molar-refractivity contribution is 6.04. The fourth-order valence-electron chi connectivity index (χ4n) is 3.89. The number of allylic oxidation sites excluding steroid dienone is 2. The summed E-state index contributed by atoms with van der Waals surface area (Å²) in [5, 5.41) is 21.0. The van der Waals surface area contributed by atoms with E-state index in [4.69, 9.17) is 9.47 Å². The van der Waals surface area contributed by atoms with Crippen molar-refractivity contribution in [2.75, 3.05) is 13.2 Å². The first-order chi connectivity index (χ1) is 20.0. The number of carbonyl (C=O) groups is 2. The van der Waals surface area contributed by atoms with Crippen molar-refractivity contribution in [1.29, 1.82) is 0 Å². The lowest BCUT2D eigenvalue weighted by atomic mass is 10.1. The first kappa shape index (κ1) is 28.8. The lowest BCUT2D eigenvalue weighted by molar-refractivity contribution is -0.139. The van der Waals surface area contributed by atoms with E-state index in [9.17, 15) is 14.7 Å². The maximum atomic E-state index is 12.4. The zero-order valence-electron chi connectivity index (χ0n) is 22.6. The Morgan fingerprint density at radius 3 is 1.83 bits per heavy atom. The number of hydrogen-bond acceptors (Lipinski definition) is 7. The quantitative estimate of drug-likeness (QED) is 0.0764. The second-order valence-corrected chi connectivity index (χ2v) is 9.17. The molecular formula is C33H31N3O5. The zero-order chi connectivity index (χ0) is 28.9. The van der Waals surface area contributed by atoms with Crippen LogP contribution in [0.5, 0.6) is 11.5 Å². The maximum absolute atomic E-state index is 12.4. The summed E-state index contributed by atoms with van der Waals surface area (Å²) in [5.41, 5.74) is 3.36. The molecule has 41 heavy (non-hydrogen) atoms. The summed E-state index contributed by atoms with van der Waals surface area (Å²) in [5.74, 6) is 0.158. The van der Waals surface area contributed by atoms with Crippen LogP contribution in [-0.4, -0.2) is 36.1 Å². The molecule has 0 aliphatic heterocycles. The number of carbonyl (C=O) groups excluding carboxylic acids is 1. The minimum absolute atomic E-state index is 0.187. The lowest BCUT2D eigenvalue weighted by Crippen LogP contribution is -2.37. The number of nitrogens with zero attached hydrogens (tertiary/aromatic N) is 2. The number of nitrogens with one attached hydrogen (secondary N) is 1. The van der Waals surface area contributed by atoms with Crippen molar-refractivity contribution < 1.29 is 24.2 Å². The number of aliphatic carboxylic acids is 1. The summed E-state index contributed by atoms with van der Waals surface area (Å²) in [6.45, 7) is 2.37. The summed E-state index contributed by atoms with van der Waals surface area (Å²) in [4.78, 5) is 24.2. The number of ketones is 1. The molecule has 4 aromatic rings. The van der Waals surface area contributed by atoms with Gasteiger partial charge in [-0.25, -0.2) is 4.79 Å². The van der Waals surface area contributed by atoms with Gasteiger partial charge >= 0.3 is 5.97 Å². The number of carboxylic acids is 1. The van der Waals surface area contributed by atoms with Gasteiger partial charge in [0.1, 0.15) is 30.8 Å². The van der Waals surface area contributed by atoms with Gasteiger partial charge in [0.25, 0.3) is 0 Å². The highest BCUT2D eigenvalue weighted by Gasteiger charge is 2.18. The summed E-state index contributed by atoms with van der Waals surface area (Å²) in [6.07, 6.45) is 1.65. The molecule has 0 aromatic heterocycles. The molecule has 4 rings (SSSR count). The van der Waals surface area contributed by atoms with Crippen molar-refractivity contribution in [2.24, 2.45) is 10.2 Å². The van der Waals surface area contributed by atoms with E-state index in [1.807, 2.05) is 72.8 Å². The second kappa shape index (κ2) is 14.8. The highest BCUT2D eigenvalue weighted by Crippen LogP contribution is 2.21. The molecule has 208 valence electrons. The Balaban J connectivity index is 1.21. The second-order valence-electron chi connectivity index (χ2n) is 9.17. The Labute approximate surface area is 239 Å². The van der Waals surface area contributed by atoms with Crippen molar-refractivity contribution in [3.8, 4) is 11.5 Å². The van der Waals surface area contributed by atoms with Crippen LogP contribution in [0.2, 0.25) is 0 Å². The zero-order valence-corrected chi connectivity index (χ0v) is 22.6. The summed E-state index contributed by atoms with van der Waals surface area (Å²) in [7, 11) is 0. The number of benzene rings is 4. The Hall–Kier alpha value is -5.24. The predicted molar refractivity (Wildman–Crippen MR) is 157 cm³/mol. The molecule has 4 aromatic carbocycles. The number of rotatable bonds is 14. The van der Waals surface area contributed by atoms with E-state index in [0.717, 1.165) is 16.9 Å². The molecule has 0 aliphatic carbocycles. The van der Waals surface area contributed by atoms with Crippen LogP contribution in [0, 0.1) is 0 Å². The van der Waals surface area contributed by atoms with E-state index < -0.39 is 12.0 Å². The van der Waals surface area contributed by atoms with Gasteiger partial charge in [-0.1, -0.05) is 60.7 Å². The third-order valence-electron chi connectivity index (χ3n) is 5.96. The van der Waals surface area contributed by atoms with Gasteiger partial charge in [0.2, 0.25) is 0 Å². The van der Waals surface area contributed by atoms with Crippen LogP contribution in [0.25, 0.3) is 0 Å². The molecule has 0 heterocycles. The summed E-state index contributed by atoms with van der Waals surface area (Å²) >= 11 is 0. The monoisotopic (exact) mass is 549 g/mol. The van der Waals surface area contributed by atoms with Crippen LogP contribution < -0.4 is 14.8 Å². The highest BCUT2D eigenvalue weighted by atomic mass is 16.5. The SMILES string of the molecule is C/C(=C\C(=O)c1ccccc1)NC(Cc1ccc(OCCOc2ccc(N=Nc3ccccc3)cc2)cc1)C(=O)O. The van der Waals surface area contributed by atoms with E-state index >= 15 is 0 Å². The van der Waals surface area contributed by atoms with Gasteiger partial charge in [-0.3, -0.25) is 4.79 Å². The molecule has 0 bridgehead atoms. The normalized spacial score (nSPS) is 12.1. The Morgan fingerprint density at radius 1 is 0.756 bits per heavy atom. The maximum Gasteiger partial charge on any atom is 0.326 e. The van der Waals surface area contributed by atoms with Crippen molar-refractivity contribution in [1.82, 2.24) is 5.32 Å². The van der Waals surface area contributed by atoms with Crippen LogP contribution in [-0.2, 0) is 11.2 Å². The summed E-state index contributed by atoms with van der Waals surface area (Å²) in [6, 6.07) is 32.0. The first-order valence-corrected chi connectivity index (χ1v) is 13.1. The Kier molecular flexibility index (Phi) is 10.4. The van der Waals surface area contributed by atoms with Crippen LogP contribution >= 0.6 is 0 Å². The number of ether oxygens (including phenoxy) is 2. The van der Waals surface area contributed by atoms with Crippen LogP contribution in [0.15, 0.2) is 131 Å². The van der Waals surface area contributed by atoms with E-state index in [2.05, 4.69) is 15.5 Å². The fraction of sp³-hybridized carbons (Fsp3) is 0.152. The molecule has 2 N–H and O–H groups in total. The minimum Gasteiger partial charge on any atom is -0.490 e. The molecule has 0 saturated heterocycles. The largest absolute Gasteiger partial charge is 0.490 e. The average Bonchev–Trinajstić information content (AvgIpc) is 3.00. The van der Waals surface area contributed by atoms with E-state index in [-0.39, 0.29) is 12.2 Å². The Bertz CT molecular complexity index is 1470. The van der Waals surface area contributed by atoms with Gasteiger partial charge in [0.05, 0.1) is 11.4 Å². The molecule has 0 spiro atoms. The molecule has 8 nitrogen and oxygen atoms in total. The Morgan fingerprint density at radius 2 is 1.27 bits per heavy atom. The van der Waals surface area contributed by atoms with E-state index in [0.29, 0.717) is 36.0 Å². The van der Waals surface area contributed by atoms with Gasteiger partial charge in [-0.15, -0.1) is 0 Å². The van der Waals surface area contributed by atoms with Gasteiger partial charge in [-0.05, 0) is 61.0 Å². The molecule has 1 unspecified atom stereocenters. The van der Waals surface area contributed by atoms with Gasteiger partial charge in [0, 0.05) is 23.8 Å². The van der Waals surface area contributed by atoms with Crippen molar-refractivity contribution in [3.05, 3.63) is 132 Å². The van der Waals surface area contributed by atoms with Gasteiger partial charge in [-0.2, -0.15) is 10.2 Å². The van der Waals surface area contributed by atoms with Crippen molar-refractivity contribution in [3.63, 3.8) is 0 Å². The molecule has 8 heteroatoms. The molecule has 0 fully saturated rings. The first-order valence-electron chi connectivity index (χ1n) is 13.1. The van der Waals surface area contributed by atoms with Crippen molar-refractivity contribution >= 4 is 23.1 Å². The molecule has 0 amide bonds. The lowest BCUT2D eigenvalue weighted by Gasteiger charge is -2.16.